The third-order valence-corrected chi connectivity index (χ3v) is 3.16. The van der Waals surface area contributed by atoms with Crippen molar-refractivity contribution in [2.75, 3.05) is 18.5 Å². The van der Waals surface area contributed by atoms with Gasteiger partial charge in [0.2, 0.25) is 0 Å². The average molecular weight is 206 g/mol. The van der Waals surface area contributed by atoms with Gasteiger partial charge >= 0.3 is 0 Å². The Morgan fingerprint density at radius 1 is 1.40 bits per heavy atom. The molecule has 2 heterocycles. The molecule has 4 heteroatoms. The van der Waals surface area contributed by atoms with Crippen LogP contribution in [0.3, 0.4) is 0 Å². The second-order valence-electron chi connectivity index (χ2n) is 4.15. The molecule has 1 saturated heterocycles. The van der Waals surface area contributed by atoms with Crippen LogP contribution in [-0.2, 0) is 0 Å². The SMILES string of the molecule is CNC1CCN(c2cncnc2)C(C)C1. The molecule has 1 fully saturated rings. The van der Waals surface area contributed by atoms with Crippen molar-refractivity contribution in [2.24, 2.45) is 0 Å². The van der Waals surface area contributed by atoms with Crippen LogP contribution in [0.25, 0.3) is 0 Å². The van der Waals surface area contributed by atoms with Gasteiger partial charge in [-0.3, -0.25) is 0 Å². The molecule has 0 aliphatic carbocycles. The molecule has 0 radical (unpaired) electrons. The summed E-state index contributed by atoms with van der Waals surface area (Å²) in [6, 6.07) is 1.21. The predicted octanol–water partition coefficient (Wildman–Crippen LogP) is 1.05. The molecule has 0 spiro atoms. The van der Waals surface area contributed by atoms with Crippen molar-refractivity contribution in [1.29, 1.82) is 0 Å². The molecular weight excluding hydrogens is 188 g/mol. The van der Waals surface area contributed by atoms with E-state index in [2.05, 4.69) is 27.1 Å². The highest BCUT2D eigenvalue weighted by Gasteiger charge is 2.24. The minimum absolute atomic E-state index is 0.558. The fourth-order valence-electron chi connectivity index (χ4n) is 2.26. The zero-order chi connectivity index (χ0) is 10.7. The minimum Gasteiger partial charge on any atom is -0.366 e. The summed E-state index contributed by atoms with van der Waals surface area (Å²) in [5.41, 5.74) is 1.14. The molecule has 1 aliphatic rings. The first-order valence-electron chi connectivity index (χ1n) is 5.50. The van der Waals surface area contributed by atoms with Crippen LogP contribution in [-0.4, -0.2) is 35.6 Å². The number of rotatable bonds is 2. The molecule has 2 rings (SSSR count). The summed E-state index contributed by atoms with van der Waals surface area (Å²) in [6.45, 7) is 3.34. The molecule has 15 heavy (non-hydrogen) atoms. The maximum Gasteiger partial charge on any atom is 0.115 e. The molecule has 4 nitrogen and oxygen atoms in total. The van der Waals surface area contributed by atoms with Crippen LogP contribution in [0.1, 0.15) is 19.8 Å². The smallest absolute Gasteiger partial charge is 0.115 e. The molecule has 0 amide bonds. The summed E-state index contributed by atoms with van der Waals surface area (Å²) in [6.07, 6.45) is 7.74. The summed E-state index contributed by atoms with van der Waals surface area (Å²) in [4.78, 5) is 10.5. The lowest BCUT2D eigenvalue weighted by Gasteiger charge is -2.38. The van der Waals surface area contributed by atoms with Crippen molar-refractivity contribution in [1.82, 2.24) is 15.3 Å². The van der Waals surface area contributed by atoms with E-state index in [9.17, 15) is 0 Å². The number of nitrogens with zero attached hydrogens (tertiary/aromatic N) is 3. The van der Waals surface area contributed by atoms with Gasteiger partial charge in [0.1, 0.15) is 6.33 Å². The van der Waals surface area contributed by atoms with Gasteiger partial charge in [-0.15, -0.1) is 0 Å². The molecule has 0 bridgehead atoms. The number of hydrogen-bond donors (Lipinski definition) is 1. The molecule has 82 valence electrons. The summed E-state index contributed by atoms with van der Waals surface area (Å²) in [5, 5.41) is 3.35. The van der Waals surface area contributed by atoms with Crippen molar-refractivity contribution in [3.8, 4) is 0 Å². The second kappa shape index (κ2) is 4.57. The molecule has 1 aliphatic heterocycles. The van der Waals surface area contributed by atoms with Crippen LogP contribution in [0, 0.1) is 0 Å². The van der Waals surface area contributed by atoms with Crippen LogP contribution >= 0.6 is 0 Å². The van der Waals surface area contributed by atoms with E-state index in [1.165, 1.54) is 12.8 Å². The zero-order valence-electron chi connectivity index (χ0n) is 9.35. The summed E-state index contributed by atoms with van der Waals surface area (Å²) < 4.78 is 0. The first-order chi connectivity index (χ1) is 7.31. The normalized spacial score (nSPS) is 26.7. The van der Waals surface area contributed by atoms with E-state index in [0.29, 0.717) is 12.1 Å². The van der Waals surface area contributed by atoms with Gasteiger partial charge in [0.05, 0.1) is 18.1 Å². The Labute approximate surface area is 90.7 Å². The van der Waals surface area contributed by atoms with Crippen LogP contribution in [0.15, 0.2) is 18.7 Å². The summed E-state index contributed by atoms with van der Waals surface area (Å²) in [5.74, 6) is 0. The Bertz CT molecular complexity index is 301. The monoisotopic (exact) mass is 206 g/mol. The Hall–Kier alpha value is -1.16. The third-order valence-electron chi connectivity index (χ3n) is 3.16. The lowest BCUT2D eigenvalue weighted by molar-refractivity contribution is 0.386. The van der Waals surface area contributed by atoms with Crippen LogP contribution < -0.4 is 10.2 Å². The Morgan fingerprint density at radius 2 is 2.13 bits per heavy atom. The highest BCUT2D eigenvalue weighted by molar-refractivity contribution is 5.43. The number of piperidine rings is 1. The molecule has 1 aromatic rings. The van der Waals surface area contributed by atoms with E-state index < -0.39 is 0 Å². The molecule has 2 unspecified atom stereocenters. The average Bonchev–Trinajstić information content (AvgIpc) is 2.30. The fraction of sp³-hybridized carbons (Fsp3) is 0.636. The van der Waals surface area contributed by atoms with Crippen LogP contribution in [0.2, 0.25) is 0 Å². The van der Waals surface area contributed by atoms with Crippen molar-refractivity contribution in [3.05, 3.63) is 18.7 Å². The number of aromatic nitrogens is 2. The largest absolute Gasteiger partial charge is 0.366 e. The number of anilines is 1. The minimum atomic E-state index is 0.558. The maximum absolute atomic E-state index is 4.07. The zero-order valence-corrected chi connectivity index (χ0v) is 9.35. The van der Waals surface area contributed by atoms with Gasteiger partial charge in [-0.1, -0.05) is 0 Å². The Balaban J connectivity index is 2.06. The first kappa shape index (κ1) is 10.4. The topological polar surface area (TPSA) is 41.0 Å². The first-order valence-corrected chi connectivity index (χ1v) is 5.50. The molecule has 1 N–H and O–H groups in total. The van der Waals surface area contributed by atoms with Gasteiger partial charge in [-0.05, 0) is 26.8 Å². The highest BCUT2D eigenvalue weighted by atomic mass is 15.2. The summed E-state index contributed by atoms with van der Waals surface area (Å²) >= 11 is 0. The summed E-state index contributed by atoms with van der Waals surface area (Å²) in [7, 11) is 2.04. The van der Waals surface area contributed by atoms with Gasteiger partial charge in [0.15, 0.2) is 0 Å². The van der Waals surface area contributed by atoms with Gasteiger partial charge in [-0.25, -0.2) is 9.97 Å². The van der Waals surface area contributed by atoms with E-state index in [-0.39, 0.29) is 0 Å². The van der Waals surface area contributed by atoms with Gasteiger partial charge < -0.3 is 10.2 Å². The number of nitrogens with one attached hydrogen (secondary N) is 1. The van der Waals surface area contributed by atoms with Crippen molar-refractivity contribution >= 4 is 5.69 Å². The standard InChI is InChI=1S/C11H18N4/c1-9-5-10(12-2)3-4-15(9)11-6-13-8-14-7-11/h6-10,12H,3-5H2,1-2H3. The van der Waals surface area contributed by atoms with Crippen molar-refractivity contribution < 1.29 is 0 Å². The fourth-order valence-corrected chi connectivity index (χ4v) is 2.26. The predicted molar refractivity (Wildman–Crippen MR) is 60.9 cm³/mol. The lowest BCUT2D eigenvalue weighted by Crippen LogP contribution is -2.46. The van der Waals surface area contributed by atoms with E-state index in [0.717, 1.165) is 12.2 Å². The number of hydrogen-bond acceptors (Lipinski definition) is 4. The molecule has 1 aromatic heterocycles. The second-order valence-corrected chi connectivity index (χ2v) is 4.15. The molecular formula is C11H18N4. The Morgan fingerprint density at radius 3 is 2.73 bits per heavy atom. The van der Waals surface area contributed by atoms with E-state index in [1.807, 2.05) is 19.4 Å². The third kappa shape index (κ3) is 2.26. The van der Waals surface area contributed by atoms with E-state index in [1.54, 1.807) is 6.33 Å². The Kier molecular flexibility index (Phi) is 3.16. The quantitative estimate of drug-likeness (QED) is 0.785. The van der Waals surface area contributed by atoms with Crippen molar-refractivity contribution in [3.63, 3.8) is 0 Å². The maximum atomic E-state index is 4.07. The van der Waals surface area contributed by atoms with Gasteiger partial charge in [0.25, 0.3) is 0 Å². The van der Waals surface area contributed by atoms with Gasteiger partial charge in [-0.2, -0.15) is 0 Å². The lowest BCUT2D eigenvalue weighted by atomic mass is 9.98. The highest BCUT2D eigenvalue weighted by Crippen LogP contribution is 2.22. The molecule has 2 atom stereocenters. The van der Waals surface area contributed by atoms with Crippen molar-refractivity contribution in [2.45, 2.75) is 31.8 Å². The van der Waals surface area contributed by atoms with Crippen LogP contribution in [0.5, 0.6) is 0 Å². The van der Waals surface area contributed by atoms with Crippen LogP contribution in [0.4, 0.5) is 5.69 Å². The van der Waals surface area contributed by atoms with Gasteiger partial charge in [0, 0.05) is 18.6 Å². The van der Waals surface area contributed by atoms with E-state index in [4.69, 9.17) is 0 Å². The van der Waals surface area contributed by atoms with E-state index >= 15 is 0 Å². The molecule has 0 aromatic carbocycles. The molecule has 0 saturated carbocycles.